The van der Waals surface area contributed by atoms with Gasteiger partial charge in [-0.1, -0.05) is 6.07 Å². The standard InChI is InChI=1S/C16H23FN2O2/c1-2-21-12-11-18-7-4-8-19(10-9-18)16(20)14-5-3-6-15(17)13-14/h3,5-6,13H,2,4,7-12H2,1H3. The van der Waals surface area contributed by atoms with Crippen molar-refractivity contribution in [2.24, 2.45) is 0 Å². The van der Waals surface area contributed by atoms with Gasteiger partial charge in [-0.3, -0.25) is 9.69 Å². The van der Waals surface area contributed by atoms with E-state index in [9.17, 15) is 9.18 Å². The second kappa shape index (κ2) is 8.10. The number of carbonyl (C=O) groups excluding carboxylic acids is 1. The fraction of sp³-hybridized carbons (Fsp3) is 0.562. The van der Waals surface area contributed by atoms with Gasteiger partial charge in [0.25, 0.3) is 5.91 Å². The molecule has 4 nitrogen and oxygen atoms in total. The molecule has 0 aromatic heterocycles. The lowest BCUT2D eigenvalue weighted by Crippen LogP contribution is -2.36. The summed E-state index contributed by atoms with van der Waals surface area (Å²) in [4.78, 5) is 16.5. The van der Waals surface area contributed by atoms with Crippen LogP contribution in [0.15, 0.2) is 24.3 Å². The first-order valence-corrected chi connectivity index (χ1v) is 7.55. The molecule has 0 spiro atoms. The lowest BCUT2D eigenvalue weighted by molar-refractivity contribution is 0.0756. The highest BCUT2D eigenvalue weighted by atomic mass is 19.1. The molecule has 5 heteroatoms. The molecule has 1 aliphatic heterocycles. The molecule has 1 aromatic rings. The van der Waals surface area contributed by atoms with Crippen molar-refractivity contribution in [2.45, 2.75) is 13.3 Å². The smallest absolute Gasteiger partial charge is 0.254 e. The van der Waals surface area contributed by atoms with E-state index in [-0.39, 0.29) is 11.7 Å². The number of carbonyl (C=O) groups is 1. The van der Waals surface area contributed by atoms with E-state index in [1.165, 1.54) is 12.1 Å². The normalized spacial score (nSPS) is 16.8. The summed E-state index contributed by atoms with van der Waals surface area (Å²) in [5.74, 6) is -0.449. The van der Waals surface area contributed by atoms with Gasteiger partial charge in [-0.15, -0.1) is 0 Å². The van der Waals surface area contributed by atoms with Crippen molar-refractivity contribution >= 4 is 5.91 Å². The van der Waals surface area contributed by atoms with E-state index in [2.05, 4.69) is 4.90 Å². The summed E-state index contributed by atoms with van der Waals surface area (Å²) in [6.45, 7) is 7.57. The largest absolute Gasteiger partial charge is 0.380 e. The van der Waals surface area contributed by atoms with Gasteiger partial charge in [0.15, 0.2) is 0 Å². The first kappa shape index (κ1) is 15.9. The molecule has 0 saturated carbocycles. The molecule has 2 rings (SSSR count). The fourth-order valence-electron chi connectivity index (χ4n) is 2.54. The molecule has 1 aliphatic rings. The highest BCUT2D eigenvalue weighted by Crippen LogP contribution is 2.10. The molecular formula is C16H23FN2O2. The number of hydrogen-bond acceptors (Lipinski definition) is 3. The number of hydrogen-bond donors (Lipinski definition) is 0. The number of rotatable bonds is 5. The molecule has 0 radical (unpaired) electrons. The van der Waals surface area contributed by atoms with Crippen molar-refractivity contribution in [3.8, 4) is 0 Å². The van der Waals surface area contributed by atoms with Gasteiger partial charge in [-0.25, -0.2) is 4.39 Å². The number of ether oxygens (including phenoxy) is 1. The van der Waals surface area contributed by atoms with Crippen molar-refractivity contribution in [3.05, 3.63) is 35.6 Å². The van der Waals surface area contributed by atoms with Crippen LogP contribution in [-0.4, -0.2) is 61.6 Å². The van der Waals surface area contributed by atoms with E-state index < -0.39 is 0 Å². The molecule has 0 aliphatic carbocycles. The molecule has 0 unspecified atom stereocenters. The van der Waals surface area contributed by atoms with Crippen LogP contribution in [-0.2, 0) is 4.74 Å². The van der Waals surface area contributed by atoms with Gasteiger partial charge in [0.05, 0.1) is 6.61 Å². The van der Waals surface area contributed by atoms with Crippen molar-refractivity contribution in [1.29, 1.82) is 0 Å². The van der Waals surface area contributed by atoms with Gasteiger partial charge in [0.1, 0.15) is 5.82 Å². The summed E-state index contributed by atoms with van der Waals surface area (Å²) >= 11 is 0. The van der Waals surface area contributed by atoms with Crippen LogP contribution in [0.4, 0.5) is 4.39 Å². The summed E-state index contributed by atoms with van der Waals surface area (Å²) in [6, 6.07) is 5.91. The Labute approximate surface area is 125 Å². The van der Waals surface area contributed by atoms with E-state index in [1.54, 1.807) is 12.1 Å². The Hall–Kier alpha value is -1.46. The number of nitrogens with zero attached hydrogens (tertiary/aromatic N) is 2. The first-order chi connectivity index (χ1) is 10.2. The fourth-order valence-corrected chi connectivity index (χ4v) is 2.54. The maximum atomic E-state index is 13.2. The van der Waals surface area contributed by atoms with Crippen molar-refractivity contribution in [1.82, 2.24) is 9.80 Å². The third-order valence-electron chi connectivity index (χ3n) is 3.70. The Morgan fingerprint density at radius 3 is 2.90 bits per heavy atom. The van der Waals surface area contributed by atoms with Crippen LogP contribution < -0.4 is 0 Å². The van der Waals surface area contributed by atoms with E-state index in [0.29, 0.717) is 12.1 Å². The maximum Gasteiger partial charge on any atom is 0.254 e. The highest BCUT2D eigenvalue weighted by molar-refractivity contribution is 5.94. The maximum absolute atomic E-state index is 13.2. The minimum absolute atomic E-state index is 0.0823. The molecule has 1 aromatic carbocycles. The van der Waals surface area contributed by atoms with Crippen LogP contribution in [0.1, 0.15) is 23.7 Å². The molecule has 1 amide bonds. The summed E-state index contributed by atoms with van der Waals surface area (Å²) < 4.78 is 18.6. The topological polar surface area (TPSA) is 32.8 Å². The second-order valence-corrected chi connectivity index (χ2v) is 5.19. The lowest BCUT2D eigenvalue weighted by Gasteiger charge is -2.22. The van der Waals surface area contributed by atoms with Gasteiger partial charge in [-0.05, 0) is 38.1 Å². The quantitative estimate of drug-likeness (QED) is 0.779. The van der Waals surface area contributed by atoms with Crippen LogP contribution >= 0.6 is 0 Å². The molecule has 0 N–H and O–H groups in total. The Morgan fingerprint density at radius 1 is 1.29 bits per heavy atom. The molecule has 0 atom stereocenters. The molecule has 1 fully saturated rings. The van der Waals surface area contributed by atoms with E-state index in [4.69, 9.17) is 4.74 Å². The minimum atomic E-state index is -0.367. The number of halogens is 1. The van der Waals surface area contributed by atoms with Crippen LogP contribution in [0.25, 0.3) is 0 Å². The van der Waals surface area contributed by atoms with Gasteiger partial charge < -0.3 is 9.64 Å². The minimum Gasteiger partial charge on any atom is -0.380 e. The Balaban J connectivity index is 1.89. The zero-order valence-corrected chi connectivity index (χ0v) is 12.6. The molecule has 21 heavy (non-hydrogen) atoms. The molecular weight excluding hydrogens is 271 g/mol. The number of benzene rings is 1. The Kier molecular flexibility index (Phi) is 6.14. The van der Waals surface area contributed by atoms with E-state index in [0.717, 1.165) is 45.8 Å². The predicted octanol–water partition coefficient (Wildman–Crippen LogP) is 2.01. The Bertz CT molecular complexity index is 467. The van der Waals surface area contributed by atoms with Gasteiger partial charge in [0, 0.05) is 38.3 Å². The SMILES string of the molecule is CCOCCN1CCCN(C(=O)c2cccc(F)c2)CC1. The molecule has 1 heterocycles. The average molecular weight is 294 g/mol. The van der Waals surface area contributed by atoms with Crippen LogP contribution in [0, 0.1) is 5.82 Å². The Morgan fingerprint density at radius 2 is 2.14 bits per heavy atom. The molecule has 1 saturated heterocycles. The van der Waals surface area contributed by atoms with Crippen molar-refractivity contribution in [2.75, 3.05) is 45.9 Å². The van der Waals surface area contributed by atoms with Crippen molar-refractivity contribution < 1.29 is 13.9 Å². The lowest BCUT2D eigenvalue weighted by atomic mass is 10.2. The first-order valence-electron chi connectivity index (χ1n) is 7.55. The second-order valence-electron chi connectivity index (χ2n) is 5.19. The van der Waals surface area contributed by atoms with Crippen molar-refractivity contribution in [3.63, 3.8) is 0 Å². The van der Waals surface area contributed by atoms with Gasteiger partial charge in [-0.2, -0.15) is 0 Å². The third-order valence-corrected chi connectivity index (χ3v) is 3.70. The molecule has 0 bridgehead atoms. The van der Waals surface area contributed by atoms with Gasteiger partial charge >= 0.3 is 0 Å². The third kappa shape index (κ3) is 4.79. The zero-order valence-electron chi connectivity index (χ0n) is 12.6. The van der Waals surface area contributed by atoms with Crippen LogP contribution in [0.3, 0.4) is 0 Å². The molecule has 116 valence electrons. The zero-order chi connectivity index (χ0) is 15.1. The highest BCUT2D eigenvalue weighted by Gasteiger charge is 2.20. The van der Waals surface area contributed by atoms with Crippen LogP contribution in [0.5, 0.6) is 0 Å². The number of amides is 1. The van der Waals surface area contributed by atoms with E-state index >= 15 is 0 Å². The monoisotopic (exact) mass is 294 g/mol. The summed E-state index contributed by atoms with van der Waals surface area (Å²) in [6.07, 6.45) is 0.938. The van der Waals surface area contributed by atoms with Crippen LogP contribution in [0.2, 0.25) is 0 Å². The average Bonchev–Trinajstić information content (AvgIpc) is 2.72. The predicted molar refractivity (Wildman–Crippen MR) is 79.9 cm³/mol. The van der Waals surface area contributed by atoms with Gasteiger partial charge in [0.2, 0.25) is 0 Å². The summed E-state index contributed by atoms with van der Waals surface area (Å²) in [5.41, 5.74) is 0.428. The summed E-state index contributed by atoms with van der Waals surface area (Å²) in [5, 5.41) is 0. The summed E-state index contributed by atoms with van der Waals surface area (Å²) in [7, 11) is 0. The van der Waals surface area contributed by atoms with E-state index in [1.807, 2.05) is 11.8 Å².